The molecular weight excluding hydrogens is 438 g/mol. The molecule has 0 N–H and O–H groups in total. The van der Waals surface area contributed by atoms with E-state index in [0.29, 0.717) is 27.9 Å². The van der Waals surface area contributed by atoms with Gasteiger partial charge in [0.15, 0.2) is 24.7 Å². The number of amides is 1. The van der Waals surface area contributed by atoms with Gasteiger partial charge in [-0.1, -0.05) is 47.6 Å². The topological polar surface area (TPSA) is 65.1 Å². The quantitative estimate of drug-likeness (QED) is 0.482. The summed E-state index contributed by atoms with van der Waals surface area (Å²) in [6, 6.07) is 19.9. The number of hydrogen-bond donors (Lipinski definition) is 0. The van der Waals surface area contributed by atoms with Crippen LogP contribution in [-0.4, -0.2) is 32.2 Å². The van der Waals surface area contributed by atoms with E-state index in [4.69, 9.17) is 25.8 Å². The summed E-state index contributed by atoms with van der Waals surface area (Å²) in [5.74, 6) is -0.131. The molecule has 0 saturated carbocycles. The Bertz CT molecular complexity index is 1140. The second kappa shape index (κ2) is 9.32. The molecule has 3 aromatic carbocycles. The number of anilines is 2. The number of rotatable bonds is 6. The molecule has 0 aliphatic carbocycles. The molecule has 1 aliphatic heterocycles. The van der Waals surface area contributed by atoms with E-state index >= 15 is 0 Å². The van der Waals surface area contributed by atoms with E-state index in [0.717, 1.165) is 9.79 Å². The minimum absolute atomic E-state index is 0.345. The van der Waals surface area contributed by atoms with Crippen LogP contribution >= 0.6 is 23.4 Å². The summed E-state index contributed by atoms with van der Waals surface area (Å²) in [5, 5.41) is 0.513. The molecule has 1 aliphatic rings. The lowest BCUT2D eigenvalue weighted by Crippen LogP contribution is -2.33. The predicted molar refractivity (Wildman–Crippen MR) is 119 cm³/mol. The summed E-state index contributed by atoms with van der Waals surface area (Å²) >= 11 is 7.72. The van der Waals surface area contributed by atoms with Crippen molar-refractivity contribution in [2.45, 2.75) is 9.79 Å². The van der Waals surface area contributed by atoms with Crippen molar-refractivity contribution in [2.24, 2.45) is 0 Å². The molecule has 8 heteroatoms. The highest BCUT2D eigenvalue weighted by atomic mass is 35.5. The van der Waals surface area contributed by atoms with E-state index in [-0.39, 0.29) is 12.5 Å². The van der Waals surface area contributed by atoms with Crippen LogP contribution in [0.3, 0.4) is 0 Å². The number of nitrogens with zero attached hydrogens (tertiary/aromatic N) is 1. The molecule has 0 fully saturated rings. The molecular formula is C23H18ClNO5S. The Kier molecular flexibility index (Phi) is 6.34. The smallest absolute Gasteiger partial charge is 0.344 e. The third kappa shape index (κ3) is 4.62. The van der Waals surface area contributed by atoms with E-state index in [2.05, 4.69) is 0 Å². The van der Waals surface area contributed by atoms with Crippen molar-refractivity contribution in [1.29, 1.82) is 0 Å². The number of benzene rings is 3. The van der Waals surface area contributed by atoms with E-state index in [9.17, 15) is 9.59 Å². The van der Waals surface area contributed by atoms with Crippen LogP contribution < -0.4 is 14.4 Å². The van der Waals surface area contributed by atoms with Crippen LogP contribution in [0.5, 0.6) is 11.5 Å². The van der Waals surface area contributed by atoms with Gasteiger partial charge in [0.25, 0.3) is 5.91 Å². The number of halogens is 1. The number of ether oxygens (including phenoxy) is 3. The van der Waals surface area contributed by atoms with Crippen LogP contribution in [0.2, 0.25) is 5.02 Å². The first-order valence-electron chi connectivity index (χ1n) is 9.37. The molecule has 0 radical (unpaired) electrons. The normalized spacial score (nSPS) is 11.9. The Morgan fingerprint density at radius 2 is 1.61 bits per heavy atom. The predicted octanol–water partition coefficient (Wildman–Crippen LogP) is 5.10. The second-order valence-electron chi connectivity index (χ2n) is 6.51. The van der Waals surface area contributed by atoms with Gasteiger partial charge in [0, 0.05) is 14.8 Å². The van der Waals surface area contributed by atoms with Gasteiger partial charge in [-0.3, -0.25) is 9.69 Å². The monoisotopic (exact) mass is 455 g/mol. The number of hydrogen-bond acceptors (Lipinski definition) is 6. The first-order valence-corrected chi connectivity index (χ1v) is 10.6. The molecule has 0 saturated heterocycles. The SMILES string of the molecule is COc1ccccc1OCC(=O)OCC(=O)N1c2ccccc2Sc2ccc(Cl)cc21. The molecule has 4 rings (SSSR count). The van der Waals surface area contributed by atoms with Crippen molar-refractivity contribution in [3.8, 4) is 11.5 Å². The molecule has 0 unspecified atom stereocenters. The molecule has 31 heavy (non-hydrogen) atoms. The van der Waals surface area contributed by atoms with Crippen molar-refractivity contribution in [3.63, 3.8) is 0 Å². The van der Waals surface area contributed by atoms with Gasteiger partial charge < -0.3 is 14.2 Å². The van der Waals surface area contributed by atoms with E-state index < -0.39 is 12.6 Å². The van der Waals surface area contributed by atoms with Gasteiger partial charge in [0.1, 0.15) is 0 Å². The summed E-state index contributed by atoms with van der Waals surface area (Å²) in [7, 11) is 1.51. The highest BCUT2D eigenvalue weighted by Gasteiger charge is 2.29. The van der Waals surface area contributed by atoms with Crippen LogP contribution in [0.1, 0.15) is 0 Å². The van der Waals surface area contributed by atoms with Crippen molar-refractivity contribution < 1.29 is 23.8 Å². The molecule has 0 bridgehead atoms. The Balaban J connectivity index is 1.45. The zero-order valence-electron chi connectivity index (χ0n) is 16.5. The first-order chi connectivity index (χ1) is 15.1. The van der Waals surface area contributed by atoms with Crippen LogP contribution in [0.15, 0.2) is 76.5 Å². The molecule has 6 nitrogen and oxygen atoms in total. The largest absolute Gasteiger partial charge is 0.493 e. The zero-order valence-corrected chi connectivity index (χ0v) is 18.1. The van der Waals surface area contributed by atoms with Crippen molar-refractivity contribution in [1.82, 2.24) is 0 Å². The minimum atomic E-state index is -0.662. The fraction of sp³-hybridized carbons (Fsp3) is 0.130. The molecule has 3 aromatic rings. The lowest BCUT2D eigenvalue weighted by Gasteiger charge is -2.31. The average Bonchev–Trinajstić information content (AvgIpc) is 2.79. The van der Waals surface area contributed by atoms with Crippen LogP contribution in [0.4, 0.5) is 11.4 Å². The summed E-state index contributed by atoms with van der Waals surface area (Å²) in [6.45, 7) is -0.776. The average molecular weight is 456 g/mol. The van der Waals surface area contributed by atoms with Crippen molar-refractivity contribution >= 4 is 46.6 Å². The van der Waals surface area contributed by atoms with E-state index in [1.165, 1.54) is 12.0 Å². The molecule has 0 atom stereocenters. The Labute approximate surface area is 188 Å². The summed E-state index contributed by atoms with van der Waals surface area (Å²) in [6.07, 6.45) is 0. The number of para-hydroxylation sites is 3. The molecule has 0 aromatic heterocycles. The highest BCUT2D eigenvalue weighted by Crippen LogP contribution is 2.48. The lowest BCUT2D eigenvalue weighted by molar-refractivity contribution is -0.149. The van der Waals surface area contributed by atoms with Gasteiger partial charge in [-0.15, -0.1) is 0 Å². The summed E-state index contributed by atoms with van der Waals surface area (Å²) in [4.78, 5) is 28.6. The number of fused-ring (bicyclic) bond motifs is 2. The third-order valence-electron chi connectivity index (χ3n) is 4.51. The zero-order chi connectivity index (χ0) is 21.8. The van der Waals surface area contributed by atoms with Crippen LogP contribution in [0.25, 0.3) is 0 Å². The number of carbonyl (C=O) groups excluding carboxylic acids is 2. The fourth-order valence-corrected chi connectivity index (χ4v) is 4.32. The highest BCUT2D eigenvalue weighted by molar-refractivity contribution is 7.99. The number of esters is 1. The summed E-state index contributed by atoms with van der Waals surface area (Å²) < 4.78 is 15.8. The molecule has 1 heterocycles. The molecule has 0 spiro atoms. The van der Waals surface area contributed by atoms with Gasteiger partial charge in [0.2, 0.25) is 0 Å². The van der Waals surface area contributed by atoms with Crippen LogP contribution in [0, 0.1) is 0 Å². The maximum Gasteiger partial charge on any atom is 0.344 e. The fourth-order valence-electron chi connectivity index (χ4n) is 3.12. The van der Waals surface area contributed by atoms with Gasteiger partial charge in [0.05, 0.1) is 18.5 Å². The van der Waals surface area contributed by atoms with Crippen molar-refractivity contribution in [3.05, 3.63) is 71.8 Å². The molecule has 1 amide bonds. The first kappa shape index (κ1) is 21.1. The Hall–Kier alpha value is -3.16. The lowest BCUT2D eigenvalue weighted by atomic mass is 10.2. The van der Waals surface area contributed by atoms with Crippen molar-refractivity contribution in [2.75, 3.05) is 25.2 Å². The summed E-state index contributed by atoms with van der Waals surface area (Å²) in [5.41, 5.74) is 1.37. The van der Waals surface area contributed by atoms with E-state index in [1.54, 1.807) is 48.2 Å². The second-order valence-corrected chi connectivity index (χ2v) is 8.03. The Morgan fingerprint density at radius 1 is 0.903 bits per heavy atom. The van der Waals surface area contributed by atoms with Gasteiger partial charge in [-0.25, -0.2) is 4.79 Å². The van der Waals surface area contributed by atoms with Gasteiger partial charge >= 0.3 is 5.97 Å². The third-order valence-corrected chi connectivity index (χ3v) is 5.87. The van der Waals surface area contributed by atoms with Gasteiger partial charge in [-0.2, -0.15) is 0 Å². The minimum Gasteiger partial charge on any atom is -0.493 e. The number of methoxy groups -OCH3 is 1. The Morgan fingerprint density at radius 3 is 2.42 bits per heavy atom. The van der Waals surface area contributed by atoms with E-state index in [1.807, 2.05) is 30.3 Å². The molecule has 158 valence electrons. The number of carbonyl (C=O) groups is 2. The maximum atomic E-state index is 13.0. The van der Waals surface area contributed by atoms with Crippen LogP contribution in [-0.2, 0) is 14.3 Å². The maximum absolute atomic E-state index is 13.0. The standard InChI is InChI=1S/C23H18ClNO5S/c1-28-18-7-3-4-8-19(18)29-14-23(27)30-13-22(26)25-16-6-2-5-9-20(16)31-21-11-10-15(24)12-17(21)25/h2-12H,13-14H2,1H3. The van der Waals surface area contributed by atoms with Gasteiger partial charge in [-0.05, 0) is 42.5 Å².